The summed E-state index contributed by atoms with van der Waals surface area (Å²) >= 11 is 0. The second kappa shape index (κ2) is 5.75. The van der Waals surface area contributed by atoms with Crippen molar-refractivity contribution in [3.8, 4) is 17.0 Å². The summed E-state index contributed by atoms with van der Waals surface area (Å²) in [6, 6.07) is 5.51. The summed E-state index contributed by atoms with van der Waals surface area (Å²) in [6.07, 6.45) is 0. The number of aryl methyl sites for hydroxylation is 1. The van der Waals surface area contributed by atoms with Gasteiger partial charge in [0, 0.05) is 30.3 Å². The van der Waals surface area contributed by atoms with Crippen molar-refractivity contribution in [3.63, 3.8) is 0 Å². The van der Waals surface area contributed by atoms with Gasteiger partial charge < -0.3 is 15.8 Å². The molecule has 0 bridgehead atoms. The Morgan fingerprint density at radius 3 is 2.85 bits per heavy atom. The van der Waals surface area contributed by atoms with Crippen molar-refractivity contribution in [2.24, 2.45) is 5.73 Å². The Bertz CT molecular complexity index is 634. The highest BCUT2D eigenvalue weighted by Crippen LogP contribution is 2.31. The topological polar surface area (TPSA) is 93.0 Å². The molecule has 0 aliphatic carbocycles. The number of benzene rings is 1. The summed E-state index contributed by atoms with van der Waals surface area (Å²) in [5.41, 5.74) is 9.94. The third-order valence-corrected chi connectivity index (χ3v) is 3.06. The van der Waals surface area contributed by atoms with E-state index in [9.17, 15) is 4.79 Å². The van der Waals surface area contributed by atoms with Crippen molar-refractivity contribution in [1.82, 2.24) is 10.2 Å². The van der Waals surface area contributed by atoms with Gasteiger partial charge in [0.25, 0.3) is 0 Å². The highest BCUT2D eigenvalue weighted by Gasteiger charge is 2.13. The fourth-order valence-corrected chi connectivity index (χ4v) is 2.08. The van der Waals surface area contributed by atoms with E-state index in [1.54, 1.807) is 13.2 Å². The van der Waals surface area contributed by atoms with Crippen LogP contribution in [0.1, 0.15) is 18.2 Å². The number of carbonyl (C=O) groups excluding carboxylic acids is 1. The fourth-order valence-electron chi connectivity index (χ4n) is 2.08. The Morgan fingerprint density at radius 2 is 2.25 bits per heavy atom. The van der Waals surface area contributed by atoms with E-state index in [1.807, 2.05) is 19.1 Å². The number of hydrogen-bond donors (Lipinski definition) is 3. The largest absolute Gasteiger partial charge is 0.495 e. The molecule has 20 heavy (non-hydrogen) atoms. The van der Waals surface area contributed by atoms with Crippen molar-refractivity contribution in [2.45, 2.75) is 20.4 Å². The number of nitrogens with two attached hydrogens (primary N) is 1. The van der Waals surface area contributed by atoms with Gasteiger partial charge in [0.05, 0.1) is 18.5 Å². The average molecular weight is 274 g/mol. The van der Waals surface area contributed by atoms with Crippen LogP contribution >= 0.6 is 0 Å². The van der Waals surface area contributed by atoms with Gasteiger partial charge in [0.2, 0.25) is 5.91 Å². The number of rotatable bonds is 4. The zero-order valence-corrected chi connectivity index (χ0v) is 11.8. The first kappa shape index (κ1) is 14.1. The quantitative estimate of drug-likeness (QED) is 0.792. The van der Waals surface area contributed by atoms with E-state index in [-0.39, 0.29) is 5.91 Å². The van der Waals surface area contributed by atoms with Crippen LogP contribution < -0.4 is 15.8 Å². The molecule has 1 heterocycles. The number of hydrogen-bond acceptors (Lipinski definition) is 4. The van der Waals surface area contributed by atoms with Crippen molar-refractivity contribution in [1.29, 1.82) is 0 Å². The van der Waals surface area contributed by atoms with Gasteiger partial charge in [-0.3, -0.25) is 9.89 Å². The van der Waals surface area contributed by atoms with E-state index < -0.39 is 0 Å². The molecule has 0 unspecified atom stereocenters. The highest BCUT2D eigenvalue weighted by atomic mass is 16.5. The molecule has 0 spiro atoms. The number of nitrogens with one attached hydrogen (secondary N) is 2. The first-order chi connectivity index (χ1) is 9.56. The summed E-state index contributed by atoms with van der Waals surface area (Å²) < 4.78 is 5.23. The van der Waals surface area contributed by atoms with Gasteiger partial charge in [-0.15, -0.1) is 0 Å². The Balaban J connectivity index is 2.49. The molecular weight excluding hydrogens is 256 g/mol. The molecule has 0 atom stereocenters. The summed E-state index contributed by atoms with van der Waals surface area (Å²) in [6.45, 7) is 3.78. The van der Waals surface area contributed by atoms with Gasteiger partial charge in [-0.25, -0.2) is 0 Å². The van der Waals surface area contributed by atoms with Gasteiger partial charge >= 0.3 is 0 Å². The zero-order chi connectivity index (χ0) is 14.7. The number of anilines is 1. The summed E-state index contributed by atoms with van der Waals surface area (Å²) in [5, 5.41) is 9.95. The van der Waals surface area contributed by atoms with Crippen molar-refractivity contribution in [3.05, 3.63) is 29.5 Å². The minimum atomic E-state index is -0.155. The van der Waals surface area contributed by atoms with Crippen LogP contribution in [0.3, 0.4) is 0 Å². The number of methoxy groups -OCH3 is 1. The Labute approximate surface area is 117 Å². The molecule has 1 aromatic heterocycles. The lowest BCUT2D eigenvalue weighted by atomic mass is 10.1. The molecule has 0 aliphatic rings. The molecule has 1 aromatic carbocycles. The summed E-state index contributed by atoms with van der Waals surface area (Å²) in [4.78, 5) is 11.2. The molecule has 0 fully saturated rings. The molecule has 0 saturated heterocycles. The third-order valence-electron chi connectivity index (χ3n) is 3.06. The normalized spacial score (nSPS) is 10.4. The maximum Gasteiger partial charge on any atom is 0.221 e. The number of carbonyl (C=O) groups is 1. The molecule has 106 valence electrons. The minimum Gasteiger partial charge on any atom is -0.495 e. The smallest absolute Gasteiger partial charge is 0.221 e. The number of aromatic nitrogens is 2. The minimum absolute atomic E-state index is 0.155. The van der Waals surface area contributed by atoms with Crippen molar-refractivity contribution >= 4 is 11.6 Å². The van der Waals surface area contributed by atoms with E-state index in [0.717, 1.165) is 22.5 Å². The molecule has 2 aromatic rings. The SMILES string of the molecule is COc1ccc(-c2n[nH]c(C)c2CN)cc1NC(C)=O. The molecule has 6 nitrogen and oxygen atoms in total. The van der Waals surface area contributed by atoms with E-state index in [1.165, 1.54) is 6.92 Å². The number of aromatic amines is 1. The van der Waals surface area contributed by atoms with Gasteiger partial charge in [0.1, 0.15) is 5.75 Å². The van der Waals surface area contributed by atoms with Crippen LogP contribution in [0.5, 0.6) is 5.75 Å². The fraction of sp³-hybridized carbons (Fsp3) is 0.286. The van der Waals surface area contributed by atoms with E-state index >= 15 is 0 Å². The lowest BCUT2D eigenvalue weighted by Gasteiger charge is -2.11. The predicted octanol–water partition coefficient (Wildman–Crippen LogP) is 1.81. The van der Waals surface area contributed by atoms with E-state index in [2.05, 4.69) is 15.5 Å². The number of amides is 1. The first-order valence-corrected chi connectivity index (χ1v) is 6.26. The zero-order valence-electron chi connectivity index (χ0n) is 11.8. The molecule has 1 amide bonds. The van der Waals surface area contributed by atoms with Crippen molar-refractivity contribution in [2.75, 3.05) is 12.4 Å². The Kier molecular flexibility index (Phi) is 4.05. The van der Waals surface area contributed by atoms with Crippen LogP contribution in [0.2, 0.25) is 0 Å². The molecular formula is C14H18N4O2. The summed E-state index contributed by atoms with van der Waals surface area (Å²) in [7, 11) is 1.56. The van der Waals surface area contributed by atoms with Crippen LogP contribution in [-0.2, 0) is 11.3 Å². The molecule has 0 saturated carbocycles. The molecule has 0 radical (unpaired) electrons. The number of H-pyrrole nitrogens is 1. The number of ether oxygens (including phenoxy) is 1. The lowest BCUT2D eigenvalue weighted by molar-refractivity contribution is -0.114. The highest BCUT2D eigenvalue weighted by molar-refractivity contribution is 5.91. The summed E-state index contributed by atoms with van der Waals surface area (Å²) in [5.74, 6) is 0.447. The number of nitrogens with zero attached hydrogens (tertiary/aromatic N) is 1. The second-order valence-corrected chi connectivity index (χ2v) is 4.48. The molecule has 2 rings (SSSR count). The van der Waals surface area contributed by atoms with Gasteiger partial charge in [-0.2, -0.15) is 5.10 Å². The first-order valence-electron chi connectivity index (χ1n) is 6.26. The maximum absolute atomic E-state index is 11.2. The molecule has 4 N–H and O–H groups in total. The van der Waals surface area contributed by atoms with Crippen LogP contribution in [-0.4, -0.2) is 23.2 Å². The molecule has 6 heteroatoms. The van der Waals surface area contributed by atoms with E-state index in [0.29, 0.717) is 18.0 Å². The predicted molar refractivity (Wildman–Crippen MR) is 77.5 cm³/mol. The van der Waals surface area contributed by atoms with Gasteiger partial charge in [-0.05, 0) is 25.1 Å². The Hall–Kier alpha value is -2.34. The second-order valence-electron chi connectivity index (χ2n) is 4.48. The van der Waals surface area contributed by atoms with Crippen LogP contribution in [0.25, 0.3) is 11.3 Å². The average Bonchev–Trinajstić information content (AvgIpc) is 2.79. The lowest BCUT2D eigenvalue weighted by Crippen LogP contribution is -2.07. The van der Waals surface area contributed by atoms with Crippen LogP contribution in [0.4, 0.5) is 5.69 Å². The standard InChI is InChI=1S/C14H18N4O2/c1-8-11(7-15)14(18-17-8)10-4-5-13(20-3)12(6-10)16-9(2)19/h4-6H,7,15H2,1-3H3,(H,16,19)(H,17,18). The van der Waals surface area contributed by atoms with Crippen LogP contribution in [0, 0.1) is 6.92 Å². The van der Waals surface area contributed by atoms with Crippen LogP contribution in [0.15, 0.2) is 18.2 Å². The monoisotopic (exact) mass is 274 g/mol. The Morgan fingerprint density at radius 1 is 1.50 bits per heavy atom. The van der Waals surface area contributed by atoms with Gasteiger partial charge in [-0.1, -0.05) is 0 Å². The van der Waals surface area contributed by atoms with E-state index in [4.69, 9.17) is 10.5 Å². The van der Waals surface area contributed by atoms with Gasteiger partial charge in [0.15, 0.2) is 0 Å². The van der Waals surface area contributed by atoms with Crippen molar-refractivity contribution < 1.29 is 9.53 Å². The maximum atomic E-state index is 11.2. The third kappa shape index (κ3) is 2.65. The molecule has 0 aliphatic heterocycles.